The van der Waals surface area contributed by atoms with Crippen molar-refractivity contribution >= 4 is 11.9 Å². The molecule has 1 amide bonds. The number of carbonyl (C=O) groups excluding carboxylic acids is 1. The van der Waals surface area contributed by atoms with E-state index in [-0.39, 0.29) is 0 Å². The van der Waals surface area contributed by atoms with Gasteiger partial charge >= 0.3 is 5.97 Å². The zero-order valence-electron chi connectivity index (χ0n) is 7.36. The number of hydrogen-bond acceptors (Lipinski definition) is 4. The Morgan fingerprint density at radius 1 is 1.54 bits per heavy atom. The van der Waals surface area contributed by atoms with Gasteiger partial charge in [0, 0.05) is 0 Å². The fourth-order valence-electron chi connectivity index (χ4n) is 0.650. The summed E-state index contributed by atoms with van der Waals surface area (Å²) in [7, 11) is 0. The van der Waals surface area contributed by atoms with Gasteiger partial charge in [-0.05, 0) is 6.42 Å². The van der Waals surface area contributed by atoms with Crippen LogP contribution in [-0.2, 0) is 9.59 Å². The monoisotopic (exact) mass is 190 g/mol. The van der Waals surface area contributed by atoms with Crippen LogP contribution in [0.25, 0.3) is 0 Å². The molecule has 0 bridgehead atoms. The third-order valence-electron chi connectivity index (χ3n) is 1.57. The summed E-state index contributed by atoms with van der Waals surface area (Å²) < 4.78 is 0. The summed E-state index contributed by atoms with van der Waals surface area (Å²) in [6.45, 7) is 1.07. The minimum atomic E-state index is -1.28. The van der Waals surface area contributed by atoms with Crippen molar-refractivity contribution in [2.75, 3.05) is 6.61 Å². The minimum absolute atomic E-state index is 0.420. The number of aliphatic hydroxyl groups excluding tert-OH is 1. The molecular formula is C7H14N2O4. The van der Waals surface area contributed by atoms with Crippen LogP contribution in [0.3, 0.4) is 0 Å². The van der Waals surface area contributed by atoms with E-state index in [4.69, 9.17) is 15.9 Å². The molecule has 0 spiro atoms. The first-order valence-electron chi connectivity index (χ1n) is 3.92. The Hall–Kier alpha value is -1.14. The fourth-order valence-corrected chi connectivity index (χ4v) is 0.650. The number of aliphatic hydroxyl groups is 1. The second-order valence-electron chi connectivity index (χ2n) is 2.60. The number of nitrogens with two attached hydrogens (primary N) is 1. The number of carbonyl (C=O) groups is 2. The zero-order valence-corrected chi connectivity index (χ0v) is 7.36. The van der Waals surface area contributed by atoms with Crippen molar-refractivity contribution < 1.29 is 19.8 Å². The summed E-state index contributed by atoms with van der Waals surface area (Å²) in [6, 6.07) is -2.00. The highest BCUT2D eigenvalue weighted by molar-refractivity contribution is 5.86. The van der Waals surface area contributed by atoms with E-state index < -0.39 is 30.6 Å². The molecule has 0 aromatic heterocycles. The van der Waals surface area contributed by atoms with Crippen molar-refractivity contribution in [2.24, 2.45) is 5.73 Å². The fraction of sp³-hybridized carbons (Fsp3) is 0.714. The molecule has 6 nitrogen and oxygen atoms in total. The summed E-state index contributed by atoms with van der Waals surface area (Å²) >= 11 is 0. The van der Waals surface area contributed by atoms with Crippen molar-refractivity contribution in [3.05, 3.63) is 0 Å². The maximum absolute atomic E-state index is 11.0. The molecule has 0 rings (SSSR count). The normalized spacial score (nSPS) is 14.7. The van der Waals surface area contributed by atoms with Gasteiger partial charge < -0.3 is 21.3 Å². The molecular weight excluding hydrogens is 176 g/mol. The van der Waals surface area contributed by atoms with Gasteiger partial charge in [0.15, 0.2) is 0 Å². The summed E-state index contributed by atoms with van der Waals surface area (Å²) in [5.41, 5.74) is 5.33. The van der Waals surface area contributed by atoms with Crippen LogP contribution < -0.4 is 11.1 Å². The van der Waals surface area contributed by atoms with Gasteiger partial charge in [0.1, 0.15) is 6.04 Å². The molecule has 0 saturated carbocycles. The molecule has 0 aliphatic carbocycles. The largest absolute Gasteiger partial charge is 0.480 e. The molecule has 2 atom stereocenters. The SMILES string of the molecule is CC[C@H](N)C(=O)NC(CO)C(=O)O. The highest BCUT2D eigenvalue weighted by Gasteiger charge is 2.21. The molecule has 76 valence electrons. The maximum Gasteiger partial charge on any atom is 0.328 e. The summed E-state index contributed by atoms with van der Waals surface area (Å²) in [5, 5.41) is 19.1. The van der Waals surface area contributed by atoms with Crippen molar-refractivity contribution in [1.29, 1.82) is 0 Å². The van der Waals surface area contributed by atoms with E-state index in [0.717, 1.165) is 0 Å². The molecule has 0 aromatic carbocycles. The molecule has 0 saturated heterocycles. The summed E-state index contributed by atoms with van der Waals surface area (Å²) in [4.78, 5) is 21.4. The van der Waals surface area contributed by atoms with Gasteiger partial charge in [0.05, 0.1) is 12.6 Å². The van der Waals surface area contributed by atoms with Gasteiger partial charge in [-0.2, -0.15) is 0 Å². The quantitative estimate of drug-likeness (QED) is 0.412. The lowest BCUT2D eigenvalue weighted by molar-refractivity contribution is -0.143. The number of carboxylic acids is 1. The van der Waals surface area contributed by atoms with Gasteiger partial charge in [0.2, 0.25) is 5.91 Å². The van der Waals surface area contributed by atoms with E-state index in [9.17, 15) is 9.59 Å². The van der Waals surface area contributed by atoms with Crippen LogP contribution in [-0.4, -0.2) is 40.8 Å². The Kier molecular flexibility index (Phi) is 5.01. The molecule has 0 aliphatic heterocycles. The lowest BCUT2D eigenvalue weighted by atomic mass is 10.2. The van der Waals surface area contributed by atoms with E-state index in [1.165, 1.54) is 0 Å². The number of carboxylic acid groups (broad SMARTS) is 1. The number of nitrogens with one attached hydrogen (secondary N) is 1. The average Bonchev–Trinajstić information content (AvgIpc) is 2.11. The number of amides is 1. The summed E-state index contributed by atoms with van der Waals surface area (Å²) in [5.74, 6) is -1.84. The third-order valence-corrected chi connectivity index (χ3v) is 1.57. The second-order valence-corrected chi connectivity index (χ2v) is 2.60. The van der Waals surface area contributed by atoms with Crippen LogP contribution in [0.15, 0.2) is 0 Å². The van der Waals surface area contributed by atoms with E-state index in [2.05, 4.69) is 5.32 Å². The van der Waals surface area contributed by atoms with Crippen LogP contribution in [0.1, 0.15) is 13.3 Å². The van der Waals surface area contributed by atoms with Gasteiger partial charge in [-0.3, -0.25) is 4.79 Å². The van der Waals surface area contributed by atoms with Crippen molar-refractivity contribution in [3.63, 3.8) is 0 Å². The zero-order chi connectivity index (χ0) is 10.4. The van der Waals surface area contributed by atoms with E-state index in [1.54, 1.807) is 6.92 Å². The Morgan fingerprint density at radius 2 is 2.08 bits per heavy atom. The van der Waals surface area contributed by atoms with E-state index >= 15 is 0 Å². The smallest absolute Gasteiger partial charge is 0.328 e. The number of aliphatic carboxylic acids is 1. The van der Waals surface area contributed by atoms with Gasteiger partial charge in [0.25, 0.3) is 0 Å². The van der Waals surface area contributed by atoms with E-state index in [1.807, 2.05) is 0 Å². The molecule has 0 heterocycles. The Bertz CT molecular complexity index is 195. The minimum Gasteiger partial charge on any atom is -0.480 e. The van der Waals surface area contributed by atoms with Crippen molar-refractivity contribution in [3.8, 4) is 0 Å². The van der Waals surface area contributed by atoms with E-state index in [0.29, 0.717) is 6.42 Å². The van der Waals surface area contributed by atoms with Crippen LogP contribution in [0, 0.1) is 0 Å². The molecule has 13 heavy (non-hydrogen) atoms. The van der Waals surface area contributed by atoms with Crippen molar-refractivity contribution in [2.45, 2.75) is 25.4 Å². The highest BCUT2D eigenvalue weighted by atomic mass is 16.4. The second kappa shape index (κ2) is 5.50. The predicted octanol–water partition coefficient (Wildman–Crippen LogP) is -1.71. The lowest BCUT2D eigenvalue weighted by Gasteiger charge is -2.14. The number of rotatable bonds is 5. The molecule has 0 aliphatic rings. The molecule has 0 aromatic rings. The average molecular weight is 190 g/mol. The topological polar surface area (TPSA) is 113 Å². The van der Waals surface area contributed by atoms with Crippen LogP contribution in [0.5, 0.6) is 0 Å². The first-order valence-corrected chi connectivity index (χ1v) is 3.92. The standard InChI is InChI=1S/C7H14N2O4/c1-2-4(8)6(11)9-5(3-10)7(12)13/h4-5,10H,2-3,8H2,1H3,(H,9,11)(H,12,13)/t4-,5?/m0/s1. The van der Waals surface area contributed by atoms with Crippen molar-refractivity contribution in [1.82, 2.24) is 5.32 Å². The van der Waals surface area contributed by atoms with Gasteiger partial charge in [-0.15, -0.1) is 0 Å². The first kappa shape index (κ1) is 11.9. The molecule has 5 N–H and O–H groups in total. The van der Waals surface area contributed by atoms with Gasteiger partial charge in [-0.25, -0.2) is 4.79 Å². The first-order chi connectivity index (χ1) is 6.02. The van der Waals surface area contributed by atoms with Crippen LogP contribution >= 0.6 is 0 Å². The predicted molar refractivity (Wildman–Crippen MR) is 44.9 cm³/mol. The summed E-state index contributed by atoms with van der Waals surface area (Å²) in [6.07, 6.45) is 0.420. The Morgan fingerprint density at radius 3 is 2.38 bits per heavy atom. The molecule has 0 fully saturated rings. The van der Waals surface area contributed by atoms with Gasteiger partial charge in [-0.1, -0.05) is 6.92 Å². The Labute approximate surface area is 75.7 Å². The lowest BCUT2D eigenvalue weighted by Crippen LogP contribution is -2.49. The molecule has 0 radical (unpaired) electrons. The van der Waals surface area contributed by atoms with Crippen LogP contribution in [0.4, 0.5) is 0 Å². The third kappa shape index (κ3) is 3.86. The maximum atomic E-state index is 11.0. The highest BCUT2D eigenvalue weighted by Crippen LogP contribution is 1.89. The molecule has 1 unspecified atom stereocenters. The Balaban J connectivity index is 4.09. The molecule has 6 heteroatoms. The van der Waals surface area contributed by atoms with Crippen LogP contribution in [0.2, 0.25) is 0 Å². The number of hydrogen-bond donors (Lipinski definition) is 4.